The van der Waals surface area contributed by atoms with Crippen LogP contribution in [0.1, 0.15) is 47.0 Å². The van der Waals surface area contributed by atoms with E-state index >= 15 is 0 Å². The topological polar surface area (TPSA) is 26.3 Å². The van der Waals surface area contributed by atoms with Crippen molar-refractivity contribution in [2.24, 2.45) is 5.92 Å². The molecule has 0 bridgehead atoms. The van der Waals surface area contributed by atoms with Crippen LogP contribution in [0.2, 0.25) is 0 Å². The van der Waals surface area contributed by atoms with Gasteiger partial charge in [0.05, 0.1) is 0 Å². The van der Waals surface area contributed by atoms with Crippen molar-refractivity contribution in [1.29, 1.82) is 0 Å². The number of rotatable bonds is 6. The Bertz CT molecular complexity index is 151. The molecule has 0 aliphatic heterocycles. The molecule has 0 saturated carbocycles. The number of methoxy groups -OCH3 is 1. The van der Waals surface area contributed by atoms with Gasteiger partial charge in [-0.3, -0.25) is 4.79 Å². The Balaban J connectivity index is 4.63. The van der Waals surface area contributed by atoms with Crippen LogP contribution in [-0.4, -0.2) is 18.5 Å². The highest BCUT2D eigenvalue weighted by Gasteiger charge is 2.36. The molecule has 13 heavy (non-hydrogen) atoms. The molecule has 0 N–H and O–H groups in total. The number of ether oxygens (including phenoxy) is 1. The van der Waals surface area contributed by atoms with E-state index in [2.05, 4.69) is 0 Å². The van der Waals surface area contributed by atoms with Crippen molar-refractivity contribution < 1.29 is 9.53 Å². The monoisotopic (exact) mass is 186 g/mol. The summed E-state index contributed by atoms with van der Waals surface area (Å²) in [6.07, 6.45) is 2.43. The van der Waals surface area contributed by atoms with Crippen LogP contribution in [0.5, 0.6) is 0 Å². The molecule has 0 aromatic rings. The Morgan fingerprint density at radius 2 is 1.77 bits per heavy atom. The number of hydrogen-bond donors (Lipinski definition) is 0. The van der Waals surface area contributed by atoms with Gasteiger partial charge in [-0.25, -0.2) is 0 Å². The zero-order chi connectivity index (χ0) is 10.5. The highest BCUT2D eigenvalue weighted by Crippen LogP contribution is 2.25. The number of hydrogen-bond acceptors (Lipinski definition) is 2. The minimum absolute atomic E-state index is 0.111. The fraction of sp³-hybridized carbons (Fsp3) is 0.909. The van der Waals surface area contributed by atoms with Gasteiger partial charge in [-0.1, -0.05) is 27.7 Å². The second-order valence-electron chi connectivity index (χ2n) is 3.58. The van der Waals surface area contributed by atoms with Crippen LogP contribution in [0, 0.1) is 5.92 Å². The second-order valence-corrected chi connectivity index (χ2v) is 3.58. The molecule has 0 amide bonds. The van der Waals surface area contributed by atoms with E-state index in [1.165, 1.54) is 0 Å². The van der Waals surface area contributed by atoms with Gasteiger partial charge in [0.1, 0.15) is 5.60 Å². The molecular formula is C11H22O2. The van der Waals surface area contributed by atoms with Crippen molar-refractivity contribution in [1.82, 2.24) is 0 Å². The van der Waals surface area contributed by atoms with Gasteiger partial charge < -0.3 is 4.74 Å². The third-order valence-corrected chi connectivity index (χ3v) is 3.04. The van der Waals surface area contributed by atoms with Crippen LogP contribution in [0.15, 0.2) is 0 Å². The molecule has 0 saturated heterocycles. The average Bonchev–Trinajstić information content (AvgIpc) is 2.20. The minimum atomic E-state index is -0.532. The summed E-state index contributed by atoms with van der Waals surface area (Å²) in [5.41, 5.74) is -0.532. The maximum atomic E-state index is 12.0. The molecule has 1 atom stereocenters. The number of ketones is 1. The standard InChI is InChI=1S/C11H22O2/c1-6-9(4)10(12)11(7-2,8-3)13-5/h9H,6-8H2,1-5H3. The molecule has 0 radical (unpaired) electrons. The lowest BCUT2D eigenvalue weighted by Gasteiger charge is -2.30. The van der Waals surface area contributed by atoms with Crippen LogP contribution in [0.3, 0.4) is 0 Å². The summed E-state index contributed by atoms with van der Waals surface area (Å²) >= 11 is 0. The molecule has 2 nitrogen and oxygen atoms in total. The molecular weight excluding hydrogens is 164 g/mol. The number of carbonyl (C=O) groups is 1. The molecule has 2 heteroatoms. The van der Waals surface area contributed by atoms with Crippen molar-refractivity contribution in [3.05, 3.63) is 0 Å². The molecule has 0 fully saturated rings. The zero-order valence-electron chi connectivity index (χ0n) is 9.52. The number of Topliss-reactive ketones (excluding diaryl/α,β-unsaturated/α-hetero) is 1. The van der Waals surface area contributed by atoms with Gasteiger partial charge in [-0.05, 0) is 19.3 Å². The summed E-state index contributed by atoms with van der Waals surface area (Å²) in [5, 5.41) is 0. The Kier molecular flexibility index (Phi) is 5.23. The van der Waals surface area contributed by atoms with E-state index in [0.29, 0.717) is 0 Å². The fourth-order valence-corrected chi connectivity index (χ4v) is 1.62. The van der Waals surface area contributed by atoms with Crippen molar-refractivity contribution in [2.75, 3.05) is 7.11 Å². The molecule has 0 aromatic carbocycles. The van der Waals surface area contributed by atoms with Gasteiger partial charge in [0.2, 0.25) is 0 Å². The van der Waals surface area contributed by atoms with Crippen LogP contribution < -0.4 is 0 Å². The van der Waals surface area contributed by atoms with E-state index in [1.807, 2.05) is 27.7 Å². The zero-order valence-corrected chi connectivity index (χ0v) is 9.52. The average molecular weight is 186 g/mol. The summed E-state index contributed by atoms with van der Waals surface area (Å²) < 4.78 is 5.37. The van der Waals surface area contributed by atoms with E-state index < -0.39 is 5.60 Å². The Labute approximate surface area is 81.7 Å². The second kappa shape index (κ2) is 5.38. The first-order valence-corrected chi connectivity index (χ1v) is 5.17. The van der Waals surface area contributed by atoms with Crippen LogP contribution in [0.4, 0.5) is 0 Å². The van der Waals surface area contributed by atoms with Crippen molar-refractivity contribution in [2.45, 2.75) is 52.6 Å². The lowest BCUT2D eigenvalue weighted by molar-refractivity contribution is -0.146. The normalized spacial score (nSPS) is 14.2. The summed E-state index contributed by atoms with van der Waals surface area (Å²) in [7, 11) is 1.63. The van der Waals surface area contributed by atoms with Crippen LogP contribution >= 0.6 is 0 Å². The lowest BCUT2D eigenvalue weighted by atomic mass is 9.84. The molecule has 78 valence electrons. The van der Waals surface area contributed by atoms with E-state index in [-0.39, 0.29) is 11.7 Å². The van der Waals surface area contributed by atoms with E-state index in [9.17, 15) is 4.79 Å². The van der Waals surface area contributed by atoms with Gasteiger partial charge in [0, 0.05) is 13.0 Å². The third kappa shape index (κ3) is 2.53. The summed E-state index contributed by atoms with van der Waals surface area (Å²) in [6.45, 7) is 8.02. The Hall–Kier alpha value is -0.370. The molecule has 0 aromatic heterocycles. The Morgan fingerprint density at radius 3 is 2.00 bits per heavy atom. The highest BCUT2D eigenvalue weighted by molar-refractivity contribution is 5.89. The first-order valence-electron chi connectivity index (χ1n) is 5.17. The first-order chi connectivity index (χ1) is 6.07. The quantitative estimate of drug-likeness (QED) is 0.637. The predicted octanol–water partition coefficient (Wildman–Crippen LogP) is 2.81. The molecule has 0 heterocycles. The minimum Gasteiger partial charge on any atom is -0.370 e. The Morgan fingerprint density at radius 1 is 1.31 bits per heavy atom. The SMILES string of the molecule is CCC(C)C(=O)C(CC)(CC)OC. The molecule has 0 aliphatic carbocycles. The summed E-state index contributed by atoms with van der Waals surface area (Å²) in [4.78, 5) is 12.0. The van der Waals surface area contributed by atoms with Crippen LogP contribution in [0.25, 0.3) is 0 Å². The highest BCUT2D eigenvalue weighted by atomic mass is 16.5. The lowest BCUT2D eigenvalue weighted by Crippen LogP contribution is -2.42. The molecule has 0 rings (SSSR count). The van der Waals surface area contributed by atoms with Crippen molar-refractivity contribution >= 4 is 5.78 Å². The largest absolute Gasteiger partial charge is 0.370 e. The van der Waals surface area contributed by atoms with Gasteiger partial charge in [0.15, 0.2) is 5.78 Å². The predicted molar refractivity (Wildman–Crippen MR) is 54.8 cm³/mol. The van der Waals surface area contributed by atoms with E-state index in [4.69, 9.17) is 4.74 Å². The summed E-state index contributed by atoms with van der Waals surface area (Å²) in [6, 6.07) is 0. The van der Waals surface area contributed by atoms with E-state index in [1.54, 1.807) is 7.11 Å². The van der Waals surface area contributed by atoms with Gasteiger partial charge in [0.25, 0.3) is 0 Å². The smallest absolute Gasteiger partial charge is 0.167 e. The van der Waals surface area contributed by atoms with Crippen LogP contribution in [-0.2, 0) is 9.53 Å². The maximum Gasteiger partial charge on any atom is 0.167 e. The molecule has 0 aliphatic rings. The van der Waals surface area contributed by atoms with Crippen molar-refractivity contribution in [3.8, 4) is 0 Å². The van der Waals surface area contributed by atoms with Gasteiger partial charge >= 0.3 is 0 Å². The number of carbonyl (C=O) groups excluding carboxylic acids is 1. The van der Waals surface area contributed by atoms with E-state index in [0.717, 1.165) is 19.3 Å². The fourth-order valence-electron chi connectivity index (χ4n) is 1.62. The first kappa shape index (κ1) is 12.6. The molecule has 1 unspecified atom stereocenters. The molecule has 0 spiro atoms. The van der Waals surface area contributed by atoms with Crippen molar-refractivity contribution in [3.63, 3.8) is 0 Å². The maximum absolute atomic E-state index is 12.0. The third-order valence-electron chi connectivity index (χ3n) is 3.04. The summed E-state index contributed by atoms with van der Waals surface area (Å²) in [5.74, 6) is 0.363. The van der Waals surface area contributed by atoms with Gasteiger partial charge in [-0.15, -0.1) is 0 Å². The van der Waals surface area contributed by atoms with Gasteiger partial charge in [-0.2, -0.15) is 0 Å².